The molecule has 2 fully saturated rings. The summed E-state index contributed by atoms with van der Waals surface area (Å²) in [4.78, 5) is 4.68. The van der Waals surface area contributed by atoms with Crippen LogP contribution in [0.2, 0.25) is 0 Å². The average Bonchev–Trinajstić information content (AvgIpc) is 2.86. The maximum absolute atomic E-state index is 9.53. The second kappa shape index (κ2) is 5.90. The van der Waals surface area contributed by atoms with Crippen LogP contribution in [0.1, 0.15) is 12.0 Å². The van der Waals surface area contributed by atoms with Crippen molar-refractivity contribution in [1.29, 1.82) is 0 Å². The lowest BCUT2D eigenvalue weighted by Gasteiger charge is -2.29. The number of morpholine rings is 1. The highest BCUT2D eigenvalue weighted by molar-refractivity contribution is 5.47. The highest BCUT2D eigenvalue weighted by Gasteiger charge is 2.20. The van der Waals surface area contributed by atoms with Gasteiger partial charge in [0.15, 0.2) is 0 Å². The molecule has 0 aliphatic carbocycles. The van der Waals surface area contributed by atoms with Crippen molar-refractivity contribution in [3.8, 4) is 0 Å². The Labute approximate surface area is 114 Å². The molecule has 104 valence electrons. The van der Waals surface area contributed by atoms with E-state index in [4.69, 9.17) is 4.74 Å². The van der Waals surface area contributed by atoms with Crippen LogP contribution in [0.3, 0.4) is 0 Å². The lowest BCUT2D eigenvalue weighted by molar-refractivity contribution is 0.122. The Balaban J connectivity index is 1.59. The summed E-state index contributed by atoms with van der Waals surface area (Å²) in [7, 11) is 0. The summed E-state index contributed by atoms with van der Waals surface area (Å²) in [5.41, 5.74) is 2.61. The van der Waals surface area contributed by atoms with Gasteiger partial charge in [0.25, 0.3) is 0 Å². The maximum atomic E-state index is 9.53. The van der Waals surface area contributed by atoms with E-state index < -0.39 is 0 Å². The molecule has 0 spiro atoms. The van der Waals surface area contributed by atoms with Crippen LogP contribution in [0.5, 0.6) is 0 Å². The Morgan fingerprint density at radius 3 is 2.47 bits per heavy atom. The molecule has 1 atom stereocenters. The summed E-state index contributed by atoms with van der Waals surface area (Å²) in [5.74, 6) is 0. The van der Waals surface area contributed by atoms with Crippen LogP contribution >= 0.6 is 0 Å². The van der Waals surface area contributed by atoms with Gasteiger partial charge in [-0.05, 0) is 24.1 Å². The lowest BCUT2D eigenvalue weighted by Crippen LogP contribution is -2.36. The van der Waals surface area contributed by atoms with E-state index in [1.54, 1.807) is 0 Å². The third kappa shape index (κ3) is 3.26. The molecule has 2 saturated heterocycles. The summed E-state index contributed by atoms with van der Waals surface area (Å²) >= 11 is 0. The topological polar surface area (TPSA) is 35.9 Å². The van der Waals surface area contributed by atoms with E-state index in [1.165, 1.54) is 11.3 Å². The fraction of sp³-hybridized carbons (Fsp3) is 0.600. The number of likely N-dealkylation sites (tertiary alicyclic amines) is 1. The van der Waals surface area contributed by atoms with Crippen molar-refractivity contribution in [3.63, 3.8) is 0 Å². The van der Waals surface area contributed by atoms with Gasteiger partial charge >= 0.3 is 0 Å². The Kier molecular flexibility index (Phi) is 4.01. The number of anilines is 1. The second-order valence-electron chi connectivity index (χ2n) is 5.44. The van der Waals surface area contributed by atoms with Crippen LogP contribution in [0, 0.1) is 0 Å². The zero-order chi connectivity index (χ0) is 13.1. The van der Waals surface area contributed by atoms with E-state index in [2.05, 4.69) is 34.1 Å². The molecule has 0 radical (unpaired) electrons. The van der Waals surface area contributed by atoms with Crippen molar-refractivity contribution >= 4 is 5.69 Å². The van der Waals surface area contributed by atoms with Crippen molar-refractivity contribution in [2.45, 2.75) is 19.1 Å². The third-order valence-electron chi connectivity index (χ3n) is 3.97. The molecule has 1 aromatic rings. The minimum absolute atomic E-state index is 0.132. The molecule has 2 aliphatic heterocycles. The molecule has 2 aliphatic rings. The van der Waals surface area contributed by atoms with Gasteiger partial charge in [-0.3, -0.25) is 4.90 Å². The number of nitrogens with zero attached hydrogens (tertiary/aromatic N) is 2. The van der Waals surface area contributed by atoms with E-state index in [-0.39, 0.29) is 6.10 Å². The van der Waals surface area contributed by atoms with Gasteiger partial charge in [0.1, 0.15) is 0 Å². The molecule has 0 amide bonds. The summed E-state index contributed by atoms with van der Waals surface area (Å²) in [6.07, 6.45) is 0.777. The van der Waals surface area contributed by atoms with Crippen LogP contribution in [0.25, 0.3) is 0 Å². The number of hydrogen-bond donors (Lipinski definition) is 1. The predicted octanol–water partition coefficient (Wildman–Crippen LogP) is 1.09. The SMILES string of the molecule is O[C@@H]1CCN(Cc2ccc(N3CCOCC3)cc2)C1. The molecule has 4 nitrogen and oxygen atoms in total. The Morgan fingerprint density at radius 2 is 1.84 bits per heavy atom. The van der Waals surface area contributed by atoms with Gasteiger partial charge < -0.3 is 14.7 Å². The molecule has 1 N–H and O–H groups in total. The molecular weight excluding hydrogens is 240 g/mol. The van der Waals surface area contributed by atoms with Crippen LogP contribution in [-0.2, 0) is 11.3 Å². The quantitative estimate of drug-likeness (QED) is 0.884. The third-order valence-corrected chi connectivity index (χ3v) is 3.97. The number of benzene rings is 1. The van der Waals surface area contributed by atoms with Gasteiger partial charge in [-0.1, -0.05) is 12.1 Å². The fourth-order valence-corrected chi connectivity index (χ4v) is 2.85. The summed E-state index contributed by atoms with van der Waals surface area (Å²) in [5, 5.41) is 9.53. The number of rotatable bonds is 3. The highest BCUT2D eigenvalue weighted by Crippen LogP contribution is 2.19. The van der Waals surface area contributed by atoms with Crippen molar-refractivity contribution in [3.05, 3.63) is 29.8 Å². The number of ether oxygens (including phenoxy) is 1. The summed E-state index contributed by atoms with van der Waals surface area (Å²) in [6.45, 7) is 6.38. The maximum Gasteiger partial charge on any atom is 0.0679 e. The molecule has 0 aromatic heterocycles. The first-order valence-corrected chi connectivity index (χ1v) is 7.13. The highest BCUT2D eigenvalue weighted by atomic mass is 16.5. The minimum Gasteiger partial charge on any atom is -0.392 e. The predicted molar refractivity (Wildman–Crippen MR) is 75.4 cm³/mol. The van der Waals surface area contributed by atoms with Gasteiger partial charge in [0.05, 0.1) is 19.3 Å². The molecule has 1 aromatic carbocycles. The van der Waals surface area contributed by atoms with Crippen molar-refractivity contribution in [1.82, 2.24) is 4.90 Å². The standard InChI is InChI=1S/C15H22N2O2/c18-15-5-6-16(12-15)11-13-1-3-14(4-2-13)17-7-9-19-10-8-17/h1-4,15,18H,5-12H2/t15-/m1/s1. The molecule has 0 saturated carbocycles. The van der Waals surface area contributed by atoms with Crippen LogP contribution in [0.15, 0.2) is 24.3 Å². The van der Waals surface area contributed by atoms with E-state index >= 15 is 0 Å². The number of β-amino-alcohol motifs (C(OH)–C–C–N with tert-alkyl or cyclic N) is 1. The van der Waals surface area contributed by atoms with Crippen LogP contribution < -0.4 is 4.90 Å². The van der Waals surface area contributed by atoms with Crippen molar-refractivity contribution < 1.29 is 9.84 Å². The first kappa shape index (κ1) is 12.9. The lowest BCUT2D eigenvalue weighted by atomic mass is 10.2. The van der Waals surface area contributed by atoms with E-state index in [0.717, 1.165) is 52.4 Å². The fourth-order valence-electron chi connectivity index (χ4n) is 2.85. The number of aliphatic hydroxyl groups is 1. The summed E-state index contributed by atoms with van der Waals surface area (Å²) in [6, 6.07) is 8.81. The van der Waals surface area contributed by atoms with Crippen molar-refractivity contribution in [2.75, 3.05) is 44.3 Å². The van der Waals surface area contributed by atoms with Gasteiger partial charge in [-0.25, -0.2) is 0 Å². The van der Waals surface area contributed by atoms with Gasteiger partial charge in [-0.2, -0.15) is 0 Å². The van der Waals surface area contributed by atoms with Gasteiger partial charge in [-0.15, -0.1) is 0 Å². The van der Waals surface area contributed by atoms with Gasteiger partial charge in [0.2, 0.25) is 0 Å². The molecule has 3 rings (SSSR count). The monoisotopic (exact) mass is 262 g/mol. The van der Waals surface area contributed by atoms with E-state index in [9.17, 15) is 5.11 Å². The number of aliphatic hydroxyl groups excluding tert-OH is 1. The zero-order valence-corrected chi connectivity index (χ0v) is 11.3. The smallest absolute Gasteiger partial charge is 0.0679 e. The molecule has 4 heteroatoms. The molecule has 19 heavy (non-hydrogen) atoms. The van der Waals surface area contributed by atoms with Crippen LogP contribution in [0.4, 0.5) is 5.69 Å². The van der Waals surface area contributed by atoms with E-state index in [1.807, 2.05) is 0 Å². The zero-order valence-electron chi connectivity index (χ0n) is 11.3. The molecule has 2 heterocycles. The average molecular weight is 262 g/mol. The summed E-state index contributed by atoms with van der Waals surface area (Å²) < 4.78 is 5.37. The van der Waals surface area contributed by atoms with E-state index in [0.29, 0.717) is 0 Å². The molecule has 0 unspecified atom stereocenters. The largest absolute Gasteiger partial charge is 0.392 e. The number of hydrogen-bond acceptors (Lipinski definition) is 4. The van der Waals surface area contributed by atoms with Crippen LogP contribution in [-0.4, -0.2) is 55.5 Å². The Morgan fingerprint density at radius 1 is 1.11 bits per heavy atom. The first-order valence-electron chi connectivity index (χ1n) is 7.13. The molecule has 0 bridgehead atoms. The Bertz CT molecular complexity index is 401. The van der Waals surface area contributed by atoms with Crippen molar-refractivity contribution in [2.24, 2.45) is 0 Å². The first-order chi connectivity index (χ1) is 9.31. The normalized spacial score (nSPS) is 24.9. The second-order valence-corrected chi connectivity index (χ2v) is 5.44. The Hall–Kier alpha value is -1.10. The molecular formula is C15H22N2O2. The minimum atomic E-state index is -0.132. The van der Waals surface area contributed by atoms with Gasteiger partial charge in [0, 0.05) is 38.4 Å².